The van der Waals surface area contributed by atoms with Crippen LogP contribution in [0, 0.1) is 5.41 Å². The van der Waals surface area contributed by atoms with Crippen molar-refractivity contribution in [1.82, 2.24) is 9.80 Å². The molecule has 2 aliphatic heterocycles. The highest BCUT2D eigenvalue weighted by molar-refractivity contribution is 5.04. The molecule has 0 amide bonds. The van der Waals surface area contributed by atoms with E-state index in [1.807, 2.05) is 0 Å². The lowest BCUT2D eigenvalue weighted by Crippen LogP contribution is -2.67. The summed E-state index contributed by atoms with van der Waals surface area (Å²) >= 11 is 0. The van der Waals surface area contributed by atoms with E-state index in [1.54, 1.807) is 0 Å². The van der Waals surface area contributed by atoms with Gasteiger partial charge in [0, 0.05) is 37.3 Å². The first-order valence-electron chi connectivity index (χ1n) is 8.67. The number of hydrogen-bond donors (Lipinski definition) is 1. The van der Waals surface area contributed by atoms with Crippen molar-refractivity contribution < 1.29 is 0 Å². The minimum atomic E-state index is 0.274. The predicted octanol–water partition coefficient (Wildman–Crippen LogP) is 2.45. The highest BCUT2D eigenvalue weighted by Gasteiger charge is 2.48. The minimum absolute atomic E-state index is 0.274. The Morgan fingerprint density at radius 2 is 1.95 bits per heavy atom. The molecule has 3 nitrogen and oxygen atoms in total. The van der Waals surface area contributed by atoms with Crippen LogP contribution in [0.25, 0.3) is 0 Å². The lowest BCUT2D eigenvalue weighted by molar-refractivity contribution is -0.0596. The summed E-state index contributed by atoms with van der Waals surface area (Å²) in [4.78, 5) is 5.54. The Labute approximate surface area is 124 Å². The SMILES string of the molecule is CC1CN2CCCC2CN1C1(CN)CCCC(C)(C)C1. The van der Waals surface area contributed by atoms with Gasteiger partial charge in [-0.2, -0.15) is 0 Å². The molecule has 20 heavy (non-hydrogen) atoms. The Kier molecular flexibility index (Phi) is 3.89. The Bertz CT molecular complexity index is 354. The van der Waals surface area contributed by atoms with E-state index in [9.17, 15) is 0 Å². The molecule has 0 spiro atoms. The lowest BCUT2D eigenvalue weighted by Gasteiger charge is -2.56. The Hall–Kier alpha value is -0.120. The predicted molar refractivity (Wildman–Crippen MR) is 84.8 cm³/mol. The maximum atomic E-state index is 6.33. The number of nitrogens with zero attached hydrogens (tertiary/aromatic N) is 2. The molecule has 2 heterocycles. The smallest absolute Gasteiger partial charge is 0.0340 e. The number of rotatable bonds is 2. The first-order chi connectivity index (χ1) is 9.46. The Balaban J connectivity index is 1.81. The van der Waals surface area contributed by atoms with Crippen LogP contribution >= 0.6 is 0 Å². The van der Waals surface area contributed by atoms with Crippen LogP contribution in [0.1, 0.15) is 59.3 Å². The van der Waals surface area contributed by atoms with Gasteiger partial charge in [0.1, 0.15) is 0 Å². The summed E-state index contributed by atoms with van der Waals surface area (Å²) < 4.78 is 0. The second kappa shape index (κ2) is 5.26. The number of fused-ring (bicyclic) bond motifs is 1. The van der Waals surface area contributed by atoms with Gasteiger partial charge in [0.25, 0.3) is 0 Å². The molecule has 2 saturated heterocycles. The molecule has 0 aromatic heterocycles. The molecule has 3 atom stereocenters. The van der Waals surface area contributed by atoms with Gasteiger partial charge in [-0.05, 0) is 51.0 Å². The second-order valence-electron chi connectivity index (χ2n) is 8.42. The molecule has 0 radical (unpaired) electrons. The molecule has 0 aromatic carbocycles. The molecule has 116 valence electrons. The van der Waals surface area contributed by atoms with Crippen molar-refractivity contribution >= 4 is 0 Å². The van der Waals surface area contributed by atoms with E-state index < -0.39 is 0 Å². The quantitative estimate of drug-likeness (QED) is 0.843. The van der Waals surface area contributed by atoms with E-state index in [-0.39, 0.29) is 5.54 Å². The second-order valence-corrected chi connectivity index (χ2v) is 8.42. The maximum Gasteiger partial charge on any atom is 0.0340 e. The van der Waals surface area contributed by atoms with Gasteiger partial charge in [0.2, 0.25) is 0 Å². The largest absolute Gasteiger partial charge is 0.329 e. The molecular formula is C17H33N3. The molecule has 1 aliphatic carbocycles. The topological polar surface area (TPSA) is 32.5 Å². The highest BCUT2D eigenvalue weighted by atomic mass is 15.3. The lowest BCUT2D eigenvalue weighted by atomic mass is 9.66. The van der Waals surface area contributed by atoms with Crippen molar-refractivity contribution in [3.63, 3.8) is 0 Å². The molecule has 3 fully saturated rings. The summed E-state index contributed by atoms with van der Waals surface area (Å²) in [6, 6.07) is 1.47. The van der Waals surface area contributed by atoms with Crippen LogP contribution in [-0.2, 0) is 0 Å². The molecule has 3 unspecified atom stereocenters. The molecule has 2 N–H and O–H groups in total. The normalized spacial score (nSPS) is 42.6. The van der Waals surface area contributed by atoms with E-state index in [2.05, 4.69) is 30.6 Å². The van der Waals surface area contributed by atoms with Crippen molar-refractivity contribution in [2.75, 3.05) is 26.2 Å². The van der Waals surface area contributed by atoms with Gasteiger partial charge in [-0.15, -0.1) is 0 Å². The molecular weight excluding hydrogens is 246 g/mol. The highest BCUT2D eigenvalue weighted by Crippen LogP contribution is 2.45. The monoisotopic (exact) mass is 279 g/mol. The van der Waals surface area contributed by atoms with Gasteiger partial charge in [-0.3, -0.25) is 9.80 Å². The third-order valence-electron chi connectivity index (χ3n) is 6.23. The molecule has 1 saturated carbocycles. The number of hydrogen-bond acceptors (Lipinski definition) is 3. The van der Waals surface area contributed by atoms with Crippen LogP contribution in [0.2, 0.25) is 0 Å². The van der Waals surface area contributed by atoms with E-state index >= 15 is 0 Å². The maximum absolute atomic E-state index is 6.33. The first-order valence-corrected chi connectivity index (χ1v) is 8.67. The fraction of sp³-hybridized carbons (Fsp3) is 1.00. The van der Waals surface area contributed by atoms with Gasteiger partial charge >= 0.3 is 0 Å². The molecule has 0 bridgehead atoms. The molecule has 0 aromatic rings. The van der Waals surface area contributed by atoms with Crippen LogP contribution < -0.4 is 5.73 Å². The summed E-state index contributed by atoms with van der Waals surface area (Å²) in [6.07, 6.45) is 8.10. The van der Waals surface area contributed by atoms with Crippen molar-refractivity contribution in [3.05, 3.63) is 0 Å². The van der Waals surface area contributed by atoms with Gasteiger partial charge < -0.3 is 5.73 Å². The van der Waals surface area contributed by atoms with Crippen molar-refractivity contribution in [2.24, 2.45) is 11.1 Å². The summed E-state index contributed by atoms with van der Waals surface area (Å²) in [5.74, 6) is 0. The fourth-order valence-electron chi connectivity index (χ4n) is 5.35. The van der Waals surface area contributed by atoms with Crippen molar-refractivity contribution in [2.45, 2.75) is 76.9 Å². The third kappa shape index (κ3) is 2.53. The zero-order chi connectivity index (χ0) is 14.4. The summed E-state index contributed by atoms with van der Waals surface area (Å²) in [7, 11) is 0. The van der Waals surface area contributed by atoms with Crippen LogP contribution in [0.5, 0.6) is 0 Å². The Morgan fingerprint density at radius 1 is 1.15 bits per heavy atom. The average molecular weight is 279 g/mol. The van der Waals surface area contributed by atoms with Crippen LogP contribution in [-0.4, -0.2) is 53.6 Å². The average Bonchev–Trinajstić information content (AvgIpc) is 2.83. The van der Waals surface area contributed by atoms with E-state index in [1.165, 1.54) is 58.2 Å². The zero-order valence-corrected chi connectivity index (χ0v) is 13.7. The van der Waals surface area contributed by atoms with Crippen molar-refractivity contribution in [1.29, 1.82) is 0 Å². The van der Waals surface area contributed by atoms with E-state index in [0.29, 0.717) is 11.5 Å². The van der Waals surface area contributed by atoms with Gasteiger partial charge in [0.05, 0.1) is 0 Å². The Morgan fingerprint density at radius 3 is 2.65 bits per heavy atom. The molecule has 3 rings (SSSR count). The first kappa shape index (κ1) is 14.8. The van der Waals surface area contributed by atoms with E-state index in [4.69, 9.17) is 5.73 Å². The zero-order valence-electron chi connectivity index (χ0n) is 13.7. The van der Waals surface area contributed by atoms with Crippen LogP contribution in [0.4, 0.5) is 0 Å². The van der Waals surface area contributed by atoms with Crippen LogP contribution in [0.3, 0.4) is 0 Å². The standard InChI is InChI=1S/C17H33N3/c1-14-10-19-9-4-6-15(19)11-20(14)17(13-18)8-5-7-16(2,3)12-17/h14-15H,4-13,18H2,1-3H3. The van der Waals surface area contributed by atoms with Crippen molar-refractivity contribution in [3.8, 4) is 0 Å². The molecule has 3 aliphatic rings. The molecule has 3 heteroatoms. The summed E-state index contributed by atoms with van der Waals surface area (Å²) in [5.41, 5.74) is 7.07. The number of nitrogens with two attached hydrogens (primary N) is 1. The minimum Gasteiger partial charge on any atom is -0.329 e. The van der Waals surface area contributed by atoms with Gasteiger partial charge in [-0.25, -0.2) is 0 Å². The summed E-state index contributed by atoms with van der Waals surface area (Å²) in [5, 5.41) is 0. The number of piperazine rings is 1. The summed E-state index contributed by atoms with van der Waals surface area (Å²) in [6.45, 7) is 12.0. The van der Waals surface area contributed by atoms with Gasteiger partial charge in [0.15, 0.2) is 0 Å². The van der Waals surface area contributed by atoms with E-state index in [0.717, 1.165) is 12.6 Å². The third-order valence-corrected chi connectivity index (χ3v) is 6.23. The van der Waals surface area contributed by atoms with Crippen LogP contribution in [0.15, 0.2) is 0 Å². The van der Waals surface area contributed by atoms with Gasteiger partial charge in [-0.1, -0.05) is 20.3 Å². The fourth-order valence-corrected chi connectivity index (χ4v) is 5.35.